The molecule has 0 radical (unpaired) electrons. The number of anilines is 1. The van der Waals surface area contributed by atoms with Gasteiger partial charge in [0.2, 0.25) is 5.13 Å². The molecule has 2 aliphatic heterocycles. The fourth-order valence-electron chi connectivity index (χ4n) is 2.50. The second-order valence-corrected chi connectivity index (χ2v) is 4.99. The lowest BCUT2D eigenvalue weighted by Gasteiger charge is -2.31. The van der Waals surface area contributed by atoms with Gasteiger partial charge in [0.15, 0.2) is 0 Å². The van der Waals surface area contributed by atoms with E-state index in [9.17, 15) is 0 Å². The van der Waals surface area contributed by atoms with Crippen LogP contribution in [-0.2, 0) is 0 Å². The summed E-state index contributed by atoms with van der Waals surface area (Å²) in [6, 6.07) is 1.42. The fourth-order valence-corrected chi connectivity index (χ4v) is 3.26. The number of likely N-dealkylation sites (N-methyl/N-ethyl adjacent to an activating group) is 1. The third-order valence-corrected chi connectivity index (χ3v) is 4.12. The van der Waals surface area contributed by atoms with Crippen LogP contribution in [0.4, 0.5) is 5.13 Å². The normalized spacial score (nSPS) is 31.7. The molecule has 0 saturated carbocycles. The molecule has 2 saturated heterocycles. The molecular weight excluding hydrogens is 196 g/mol. The largest absolute Gasteiger partial charge is 0.341 e. The molecule has 1 aromatic heterocycles. The Bertz CT molecular complexity index is 348. The van der Waals surface area contributed by atoms with Gasteiger partial charge < -0.3 is 4.90 Å². The summed E-state index contributed by atoms with van der Waals surface area (Å²) in [7, 11) is 2.22. The molecule has 2 fully saturated rings. The van der Waals surface area contributed by atoms with E-state index in [0.717, 1.165) is 23.5 Å². The summed E-state index contributed by atoms with van der Waals surface area (Å²) in [6.45, 7) is 4.28. The van der Waals surface area contributed by atoms with Gasteiger partial charge in [-0.15, -0.1) is 0 Å². The third kappa shape index (κ3) is 1.15. The van der Waals surface area contributed by atoms with E-state index in [4.69, 9.17) is 0 Å². The van der Waals surface area contributed by atoms with Crippen molar-refractivity contribution in [2.24, 2.45) is 0 Å². The lowest BCUT2D eigenvalue weighted by Crippen LogP contribution is -2.44. The van der Waals surface area contributed by atoms with Gasteiger partial charge in [0.05, 0.1) is 0 Å². The Morgan fingerprint density at radius 2 is 2.21 bits per heavy atom. The van der Waals surface area contributed by atoms with Crippen LogP contribution in [0.3, 0.4) is 0 Å². The van der Waals surface area contributed by atoms with Crippen molar-refractivity contribution in [2.75, 3.05) is 25.0 Å². The maximum Gasteiger partial charge on any atom is 0.205 e. The quantitative estimate of drug-likeness (QED) is 0.684. The molecule has 2 aliphatic rings. The molecule has 3 heterocycles. The number of rotatable bonds is 1. The van der Waals surface area contributed by atoms with Crippen molar-refractivity contribution in [3.05, 3.63) is 5.82 Å². The van der Waals surface area contributed by atoms with Gasteiger partial charge in [-0.2, -0.15) is 4.37 Å². The van der Waals surface area contributed by atoms with Gasteiger partial charge >= 0.3 is 0 Å². The Labute approximate surface area is 87.7 Å². The summed E-state index contributed by atoms with van der Waals surface area (Å²) < 4.78 is 4.24. The predicted octanol–water partition coefficient (Wildman–Crippen LogP) is 0.739. The molecule has 2 atom stereocenters. The number of nitrogens with zero attached hydrogens (tertiary/aromatic N) is 4. The topological polar surface area (TPSA) is 32.3 Å². The highest BCUT2D eigenvalue weighted by atomic mass is 32.1. The molecule has 0 amide bonds. The molecule has 3 rings (SSSR count). The van der Waals surface area contributed by atoms with Crippen LogP contribution in [0.25, 0.3) is 0 Å². The summed E-state index contributed by atoms with van der Waals surface area (Å²) in [5.74, 6) is 0.904. The molecule has 1 aromatic rings. The molecule has 14 heavy (non-hydrogen) atoms. The Morgan fingerprint density at radius 1 is 1.36 bits per heavy atom. The minimum Gasteiger partial charge on any atom is -0.341 e. The molecule has 4 nitrogen and oxygen atoms in total. The Kier molecular flexibility index (Phi) is 1.79. The van der Waals surface area contributed by atoms with Gasteiger partial charge in [-0.3, -0.25) is 4.90 Å². The Balaban J connectivity index is 1.83. The zero-order valence-corrected chi connectivity index (χ0v) is 9.29. The van der Waals surface area contributed by atoms with Gasteiger partial charge in [0, 0.05) is 36.7 Å². The zero-order valence-electron chi connectivity index (χ0n) is 8.47. The van der Waals surface area contributed by atoms with Crippen molar-refractivity contribution in [1.82, 2.24) is 14.3 Å². The van der Waals surface area contributed by atoms with Gasteiger partial charge in [0.25, 0.3) is 0 Å². The SMILES string of the molecule is Cc1nsc(N2C[C@@H]3CC2CN3C)n1. The molecule has 76 valence electrons. The van der Waals surface area contributed by atoms with Crippen LogP contribution < -0.4 is 4.90 Å². The van der Waals surface area contributed by atoms with Crippen molar-refractivity contribution in [2.45, 2.75) is 25.4 Å². The first-order chi connectivity index (χ1) is 6.74. The number of aryl methyl sites for hydroxylation is 1. The lowest BCUT2D eigenvalue weighted by molar-refractivity contribution is 0.292. The summed E-state index contributed by atoms with van der Waals surface area (Å²) in [5.41, 5.74) is 0. The lowest BCUT2D eigenvalue weighted by atomic mass is 10.2. The first-order valence-electron chi connectivity index (χ1n) is 5.01. The van der Waals surface area contributed by atoms with E-state index in [1.807, 2.05) is 6.92 Å². The molecule has 5 heteroatoms. The van der Waals surface area contributed by atoms with Crippen molar-refractivity contribution >= 4 is 16.7 Å². The summed E-state index contributed by atoms with van der Waals surface area (Å²) in [4.78, 5) is 9.33. The van der Waals surface area contributed by atoms with Gasteiger partial charge in [0.1, 0.15) is 5.82 Å². The minimum atomic E-state index is 0.678. The molecule has 0 spiro atoms. The second kappa shape index (κ2) is 2.90. The van der Waals surface area contributed by atoms with Gasteiger partial charge in [-0.05, 0) is 20.4 Å². The first kappa shape index (κ1) is 8.61. The predicted molar refractivity (Wildman–Crippen MR) is 56.8 cm³/mol. The second-order valence-electron chi connectivity index (χ2n) is 4.26. The van der Waals surface area contributed by atoms with Crippen LogP contribution in [-0.4, -0.2) is 46.5 Å². The van der Waals surface area contributed by atoms with Crippen LogP contribution >= 0.6 is 11.5 Å². The number of likely N-dealkylation sites (tertiary alicyclic amines) is 1. The summed E-state index contributed by atoms with van der Waals surface area (Å²) in [6.07, 6.45) is 1.30. The molecule has 2 bridgehead atoms. The van der Waals surface area contributed by atoms with Crippen LogP contribution in [0.15, 0.2) is 0 Å². The van der Waals surface area contributed by atoms with Crippen LogP contribution in [0.5, 0.6) is 0 Å². The first-order valence-corrected chi connectivity index (χ1v) is 5.78. The summed E-state index contributed by atoms with van der Waals surface area (Å²) in [5, 5.41) is 1.11. The molecular formula is C9H14N4S. The third-order valence-electron chi connectivity index (χ3n) is 3.28. The van der Waals surface area contributed by atoms with E-state index in [1.165, 1.54) is 24.5 Å². The summed E-state index contributed by atoms with van der Waals surface area (Å²) >= 11 is 1.53. The van der Waals surface area contributed by atoms with Crippen molar-refractivity contribution < 1.29 is 0 Å². The average molecular weight is 210 g/mol. The maximum atomic E-state index is 4.45. The monoisotopic (exact) mass is 210 g/mol. The van der Waals surface area contributed by atoms with Gasteiger partial charge in [-0.25, -0.2) is 4.98 Å². The number of piperazine rings is 1. The average Bonchev–Trinajstić information content (AvgIpc) is 2.77. The smallest absolute Gasteiger partial charge is 0.205 e. The van der Waals surface area contributed by atoms with Crippen LogP contribution in [0, 0.1) is 6.92 Å². The number of hydrogen-bond donors (Lipinski definition) is 0. The molecule has 0 N–H and O–H groups in total. The van der Waals surface area contributed by atoms with Crippen molar-refractivity contribution in [1.29, 1.82) is 0 Å². The van der Waals surface area contributed by atoms with E-state index in [2.05, 4.69) is 26.2 Å². The molecule has 0 aromatic carbocycles. The number of fused-ring (bicyclic) bond motifs is 2. The van der Waals surface area contributed by atoms with Crippen molar-refractivity contribution in [3.63, 3.8) is 0 Å². The number of hydrogen-bond acceptors (Lipinski definition) is 5. The van der Waals surface area contributed by atoms with Gasteiger partial charge in [-0.1, -0.05) is 0 Å². The van der Waals surface area contributed by atoms with E-state index >= 15 is 0 Å². The van der Waals surface area contributed by atoms with E-state index in [-0.39, 0.29) is 0 Å². The maximum absolute atomic E-state index is 4.45. The highest BCUT2D eigenvalue weighted by Crippen LogP contribution is 2.34. The minimum absolute atomic E-state index is 0.678. The highest BCUT2D eigenvalue weighted by Gasteiger charge is 2.42. The Morgan fingerprint density at radius 3 is 2.71 bits per heavy atom. The highest BCUT2D eigenvalue weighted by molar-refractivity contribution is 7.09. The fraction of sp³-hybridized carbons (Fsp3) is 0.778. The molecule has 1 unspecified atom stereocenters. The van der Waals surface area contributed by atoms with E-state index in [1.54, 1.807) is 0 Å². The van der Waals surface area contributed by atoms with Crippen LogP contribution in [0.1, 0.15) is 12.2 Å². The van der Waals surface area contributed by atoms with Crippen molar-refractivity contribution in [3.8, 4) is 0 Å². The standard InChI is InChI=1S/C9H14N4S/c1-6-10-9(14-11-6)13-5-7-3-8(13)4-12(7)2/h7-8H,3-5H2,1-2H3/t7-,8?/m0/s1. The van der Waals surface area contributed by atoms with E-state index in [0.29, 0.717) is 6.04 Å². The Hall–Kier alpha value is -0.680. The zero-order chi connectivity index (χ0) is 9.71. The van der Waals surface area contributed by atoms with Crippen LogP contribution in [0.2, 0.25) is 0 Å². The number of aromatic nitrogens is 2. The molecule has 0 aliphatic carbocycles. The van der Waals surface area contributed by atoms with E-state index < -0.39 is 0 Å².